The summed E-state index contributed by atoms with van der Waals surface area (Å²) >= 11 is 0. The van der Waals surface area contributed by atoms with E-state index in [2.05, 4.69) is 86.7 Å². The van der Waals surface area contributed by atoms with Crippen LogP contribution in [0, 0.1) is 0 Å². The molecule has 0 saturated heterocycles. The van der Waals surface area contributed by atoms with E-state index in [1.807, 2.05) is 0 Å². The van der Waals surface area contributed by atoms with Crippen molar-refractivity contribution in [1.29, 1.82) is 0 Å². The Hall–Kier alpha value is -3.00. The minimum atomic E-state index is -0.279. The molecule has 3 aromatic rings. The molecule has 0 N–H and O–H groups in total. The van der Waals surface area contributed by atoms with E-state index in [1.165, 1.54) is 38.9 Å². The van der Waals surface area contributed by atoms with Crippen LogP contribution in [0.4, 0.5) is 0 Å². The van der Waals surface area contributed by atoms with Gasteiger partial charge in [-0.2, -0.15) is 0 Å². The van der Waals surface area contributed by atoms with E-state index in [-0.39, 0.29) is 5.41 Å². The number of hydrogen-bond donors (Lipinski definition) is 0. The number of ether oxygens (including phenoxy) is 1. The fourth-order valence-corrected chi connectivity index (χ4v) is 5.19. The van der Waals surface area contributed by atoms with Gasteiger partial charge in [0.1, 0.15) is 19.4 Å². The molecule has 0 saturated carbocycles. The van der Waals surface area contributed by atoms with Crippen LogP contribution >= 0.6 is 0 Å². The highest BCUT2D eigenvalue weighted by Crippen LogP contribution is 2.61. The Balaban J connectivity index is 1.84. The Morgan fingerprint density at radius 2 is 1.41 bits per heavy atom. The molecule has 1 heterocycles. The van der Waals surface area contributed by atoms with Crippen molar-refractivity contribution in [3.8, 4) is 16.9 Å². The number of allylic oxidation sites excluding steroid dienone is 3. The maximum Gasteiger partial charge on any atom is 0.139 e. The van der Waals surface area contributed by atoms with Gasteiger partial charge in [-0.15, -0.1) is 0 Å². The van der Waals surface area contributed by atoms with Crippen molar-refractivity contribution in [3.63, 3.8) is 0 Å². The summed E-state index contributed by atoms with van der Waals surface area (Å²) in [6, 6.07) is 24.4. The molecule has 0 unspecified atom stereocenters. The van der Waals surface area contributed by atoms with E-state index in [4.69, 9.17) is 4.74 Å². The lowest BCUT2D eigenvalue weighted by Gasteiger charge is -2.42. The SMILES string of the molecule is Bc1ccc2c(c1)C1(C3=CCCC=C3O2)c2ccccc2-c2ccccc21. The zero-order chi connectivity index (χ0) is 18.0. The molecular formula is C25H19BO. The predicted octanol–water partition coefficient (Wildman–Crippen LogP) is 4.26. The van der Waals surface area contributed by atoms with Gasteiger partial charge >= 0.3 is 0 Å². The highest BCUT2D eigenvalue weighted by molar-refractivity contribution is 6.32. The molecule has 6 rings (SSSR count). The zero-order valence-electron chi connectivity index (χ0n) is 15.3. The maximum absolute atomic E-state index is 6.40. The third kappa shape index (κ3) is 1.80. The van der Waals surface area contributed by atoms with E-state index < -0.39 is 0 Å². The largest absolute Gasteiger partial charge is 0.457 e. The quantitative estimate of drug-likeness (QED) is 0.553. The Morgan fingerprint density at radius 1 is 0.741 bits per heavy atom. The molecule has 128 valence electrons. The average Bonchev–Trinajstić information content (AvgIpc) is 3.01. The Morgan fingerprint density at radius 3 is 2.15 bits per heavy atom. The van der Waals surface area contributed by atoms with Crippen molar-refractivity contribution in [2.45, 2.75) is 18.3 Å². The molecule has 1 spiro atoms. The van der Waals surface area contributed by atoms with Crippen LogP contribution in [-0.2, 0) is 5.41 Å². The van der Waals surface area contributed by atoms with Gasteiger partial charge in [-0.1, -0.05) is 72.2 Å². The first-order valence-corrected chi connectivity index (χ1v) is 9.69. The van der Waals surface area contributed by atoms with Crippen molar-refractivity contribution in [2.24, 2.45) is 0 Å². The zero-order valence-corrected chi connectivity index (χ0v) is 15.3. The molecule has 2 aliphatic carbocycles. The standard InChI is InChI=1S/C25H19BO/c26-16-13-14-24-22(15-16)25(21-11-5-6-12-23(21)27-24)19-9-3-1-7-17(19)18-8-2-4-10-20(18)25/h1-4,7-15H,5-6,26H2. The molecule has 3 aliphatic rings. The molecule has 0 bridgehead atoms. The van der Waals surface area contributed by atoms with E-state index in [9.17, 15) is 0 Å². The average molecular weight is 346 g/mol. The molecule has 1 aliphatic heterocycles. The summed E-state index contributed by atoms with van der Waals surface area (Å²) in [6.07, 6.45) is 6.78. The third-order valence-electron chi connectivity index (χ3n) is 6.23. The van der Waals surface area contributed by atoms with E-state index >= 15 is 0 Å². The number of rotatable bonds is 0. The minimum Gasteiger partial charge on any atom is -0.457 e. The second-order valence-corrected chi connectivity index (χ2v) is 7.71. The van der Waals surface area contributed by atoms with E-state index in [1.54, 1.807) is 0 Å². The molecule has 2 heteroatoms. The molecule has 0 radical (unpaired) electrons. The molecule has 0 atom stereocenters. The van der Waals surface area contributed by atoms with Crippen LogP contribution in [0.3, 0.4) is 0 Å². The fraction of sp³-hybridized carbons (Fsp3) is 0.120. The van der Waals surface area contributed by atoms with Crippen molar-refractivity contribution in [2.75, 3.05) is 0 Å². The van der Waals surface area contributed by atoms with Crippen LogP contribution in [0.5, 0.6) is 5.75 Å². The number of fused-ring (bicyclic) bond motifs is 9. The Kier molecular flexibility index (Phi) is 2.94. The van der Waals surface area contributed by atoms with Gasteiger partial charge in [0, 0.05) is 11.1 Å². The van der Waals surface area contributed by atoms with Gasteiger partial charge < -0.3 is 4.74 Å². The van der Waals surface area contributed by atoms with Gasteiger partial charge in [0.15, 0.2) is 0 Å². The van der Waals surface area contributed by atoms with E-state index in [0.29, 0.717) is 0 Å². The number of benzene rings is 3. The predicted molar refractivity (Wildman–Crippen MR) is 112 cm³/mol. The summed E-state index contributed by atoms with van der Waals surface area (Å²) in [7, 11) is 2.17. The van der Waals surface area contributed by atoms with E-state index in [0.717, 1.165) is 24.4 Å². The monoisotopic (exact) mass is 346 g/mol. The van der Waals surface area contributed by atoms with Crippen molar-refractivity contribution in [3.05, 3.63) is 107 Å². The number of hydrogen-bond acceptors (Lipinski definition) is 1. The van der Waals surface area contributed by atoms with Crippen LogP contribution in [0.2, 0.25) is 0 Å². The topological polar surface area (TPSA) is 9.23 Å². The minimum absolute atomic E-state index is 0.279. The van der Waals surface area contributed by atoms with Gasteiger partial charge in [-0.05, 0) is 47.2 Å². The molecular weight excluding hydrogens is 327 g/mol. The molecule has 27 heavy (non-hydrogen) atoms. The van der Waals surface area contributed by atoms with Crippen molar-refractivity contribution >= 4 is 13.3 Å². The summed E-state index contributed by atoms with van der Waals surface area (Å²) in [6.45, 7) is 0. The molecule has 0 fully saturated rings. The first kappa shape index (κ1) is 15.1. The first-order valence-electron chi connectivity index (χ1n) is 9.69. The lowest BCUT2D eigenvalue weighted by Crippen LogP contribution is -2.37. The first-order chi connectivity index (χ1) is 13.3. The van der Waals surface area contributed by atoms with Gasteiger partial charge in [0.2, 0.25) is 0 Å². The fourth-order valence-electron chi connectivity index (χ4n) is 5.19. The molecule has 3 aromatic carbocycles. The Bertz CT molecular complexity index is 1120. The van der Waals surface area contributed by atoms with Gasteiger partial charge in [-0.25, -0.2) is 0 Å². The summed E-state index contributed by atoms with van der Waals surface area (Å²) in [5.41, 5.74) is 9.00. The summed E-state index contributed by atoms with van der Waals surface area (Å²) in [4.78, 5) is 0. The van der Waals surface area contributed by atoms with Crippen LogP contribution < -0.4 is 10.2 Å². The third-order valence-corrected chi connectivity index (χ3v) is 6.23. The van der Waals surface area contributed by atoms with Gasteiger partial charge in [0.05, 0.1) is 5.41 Å². The van der Waals surface area contributed by atoms with Crippen molar-refractivity contribution < 1.29 is 4.74 Å². The molecule has 0 amide bonds. The van der Waals surface area contributed by atoms with Crippen LogP contribution in [-0.4, -0.2) is 7.85 Å². The van der Waals surface area contributed by atoms with Crippen molar-refractivity contribution in [1.82, 2.24) is 0 Å². The second-order valence-electron chi connectivity index (χ2n) is 7.71. The Labute approximate surface area is 160 Å². The van der Waals surface area contributed by atoms with Crippen LogP contribution in [0.15, 0.2) is 90.2 Å². The molecule has 1 nitrogen and oxygen atoms in total. The van der Waals surface area contributed by atoms with Gasteiger partial charge in [0.25, 0.3) is 0 Å². The summed E-state index contributed by atoms with van der Waals surface area (Å²) < 4.78 is 6.40. The summed E-state index contributed by atoms with van der Waals surface area (Å²) in [5, 5.41) is 0. The normalized spacial score (nSPS) is 17.8. The lowest BCUT2D eigenvalue weighted by molar-refractivity contribution is 0.383. The smallest absolute Gasteiger partial charge is 0.139 e. The van der Waals surface area contributed by atoms with Gasteiger partial charge in [-0.3, -0.25) is 0 Å². The van der Waals surface area contributed by atoms with Crippen LogP contribution in [0.25, 0.3) is 11.1 Å². The lowest BCUT2D eigenvalue weighted by atomic mass is 9.63. The molecule has 0 aromatic heterocycles. The van der Waals surface area contributed by atoms with Crippen LogP contribution in [0.1, 0.15) is 29.5 Å². The maximum atomic E-state index is 6.40. The summed E-state index contributed by atoms with van der Waals surface area (Å²) in [5.74, 6) is 2.02. The second kappa shape index (κ2) is 5.26. The highest BCUT2D eigenvalue weighted by Gasteiger charge is 2.52. The highest BCUT2D eigenvalue weighted by atomic mass is 16.5.